The van der Waals surface area contributed by atoms with Gasteiger partial charge in [-0.1, -0.05) is 62.8 Å². The zero-order chi connectivity index (χ0) is 16.2. The van der Waals surface area contributed by atoms with Crippen molar-refractivity contribution < 1.29 is 9.53 Å². The zero-order valence-electron chi connectivity index (χ0n) is 13.4. The number of esters is 1. The molecule has 22 heavy (non-hydrogen) atoms. The summed E-state index contributed by atoms with van der Waals surface area (Å²) in [5.74, 6) is 2.88. The Bertz CT molecular complexity index is 549. The van der Waals surface area contributed by atoms with Gasteiger partial charge < -0.3 is 4.74 Å². The Morgan fingerprint density at radius 2 is 2.09 bits per heavy atom. The lowest BCUT2D eigenvalue weighted by Crippen LogP contribution is -2.18. The van der Waals surface area contributed by atoms with Gasteiger partial charge in [-0.15, -0.1) is 6.42 Å². The smallest absolute Gasteiger partial charge is 0.311 e. The fourth-order valence-corrected chi connectivity index (χ4v) is 3.07. The van der Waals surface area contributed by atoms with E-state index in [4.69, 9.17) is 11.2 Å². The van der Waals surface area contributed by atoms with Crippen LogP contribution in [-0.4, -0.2) is 12.1 Å². The van der Waals surface area contributed by atoms with Crippen LogP contribution in [0.2, 0.25) is 0 Å². The minimum absolute atomic E-state index is 0.0746. The second-order valence-corrected chi connectivity index (χ2v) is 6.56. The van der Waals surface area contributed by atoms with Crippen LogP contribution in [0.5, 0.6) is 0 Å². The summed E-state index contributed by atoms with van der Waals surface area (Å²) in [5, 5.41) is 0. The van der Waals surface area contributed by atoms with Crippen molar-refractivity contribution in [1.29, 1.82) is 0 Å². The number of hydrogen-bond acceptors (Lipinski definition) is 2. The van der Waals surface area contributed by atoms with Crippen LogP contribution >= 0.6 is 0 Å². The second kappa shape index (κ2) is 6.83. The van der Waals surface area contributed by atoms with Crippen molar-refractivity contribution in [2.45, 2.75) is 32.8 Å². The van der Waals surface area contributed by atoms with Gasteiger partial charge >= 0.3 is 5.97 Å². The Balaban J connectivity index is 1.91. The topological polar surface area (TPSA) is 26.3 Å². The average Bonchev–Trinajstić information content (AvgIpc) is 2.84. The number of rotatable bonds is 6. The SMILES string of the molecule is C#CC(C=CC1CC=CC1)OC(=O)C1C(C=CC=C)C1(C)C. The van der Waals surface area contributed by atoms with Crippen molar-refractivity contribution in [2.24, 2.45) is 23.2 Å². The number of terminal acetylenes is 1. The maximum Gasteiger partial charge on any atom is 0.311 e. The Morgan fingerprint density at radius 1 is 1.41 bits per heavy atom. The molecule has 0 saturated heterocycles. The van der Waals surface area contributed by atoms with Gasteiger partial charge in [-0.3, -0.25) is 4.79 Å². The first-order valence-electron chi connectivity index (χ1n) is 7.80. The summed E-state index contributed by atoms with van der Waals surface area (Å²) in [7, 11) is 0. The minimum atomic E-state index is -0.575. The molecule has 2 nitrogen and oxygen atoms in total. The predicted octanol–water partition coefficient (Wildman–Crippen LogP) is 4.07. The molecule has 2 heteroatoms. The van der Waals surface area contributed by atoms with Crippen LogP contribution in [0.4, 0.5) is 0 Å². The molecule has 0 aromatic carbocycles. The number of hydrogen-bond donors (Lipinski definition) is 0. The quantitative estimate of drug-likeness (QED) is 0.320. The third-order valence-corrected chi connectivity index (χ3v) is 4.63. The van der Waals surface area contributed by atoms with E-state index < -0.39 is 6.10 Å². The molecule has 2 rings (SSSR count). The fraction of sp³-hybridized carbons (Fsp3) is 0.450. The molecule has 2 aliphatic carbocycles. The molecule has 3 atom stereocenters. The van der Waals surface area contributed by atoms with Crippen LogP contribution in [0, 0.1) is 35.5 Å². The number of ether oxygens (including phenoxy) is 1. The first kappa shape index (κ1) is 16.4. The molecular weight excluding hydrogens is 272 g/mol. The largest absolute Gasteiger partial charge is 0.445 e. The monoisotopic (exact) mass is 296 g/mol. The summed E-state index contributed by atoms with van der Waals surface area (Å²) >= 11 is 0. The summed E-state index contributed by atoms with van der Waals surface area (Å²) in [6.07, 6.45) is 20.8. The fourth-order valence-electron chi connectivity index (χ4n) is 3.07. The Kier molecular flexibility index (Phi) is 5.08. The standard InChI is InChI=1S/C20H24O2/c1-5-7-12-17-18(20(17,3)4)19(21)22-16(6-2)14-13-15-10-8-9-11-15/h2,5,7-9,12-18H,1,10-11H2,3-4H3. The van der Waals surface area contributed by atoms with Gasteiger partial charge in [-0.2, -0.15) is 0 Å². The number of allylic oxidation sites excluding steroid dienone is 6. The third-order valence-electron chi connectivity index (χ3n) is 4.63. The Hall–Kier alpha value is -2.01. The lowest BCUT2D eigenvalue weighted by atomic mass is 10.1. The molecule has 0 aromatic heterocycles. The van der Waals surface area contributed by atoms with Gasteiger partial charge in [-0.05, 0) is 36.2 Å². The maximum atomic E-state index is 12.3. The summed E-state index contributed by atoms with van der Waals surface area (Å²) < 4.78 is 5.49. The highest BCUT2D eigenvalue weighted by molar-refractivity contribution is 5.78. The highest BCUT2D eigenvalue weighted by Gasteiger charge is 2.61. The van der Waals surface area contributed by atoms with E-state index in [1.165, 1.54) is 0 Å². The molecule has 0 N–H and O–H groups in total. The molecule has 0 spiro atoms. The van der Waals surface area contributed by atoms with Gasteiger partial charge in [0, 0.05) is 0 Å². The summed E-state index contributed by atoms with van der Waals surface area (Å²) in [6, 6.07) is 0. The molecule has 1 fully saturated rings. The molecule has 0 radical (unpaired) electrons. The van der Waals surface area contributed by atoms with E-state index in [1.54, 1.807) is 6.08 Å². The predicted molar refractivity (Wildman–Crippen MR) is 89.8 cm³/mol. The molecule has 116 valence electrons. The van der Waals surface area contributed by atoms with Crippen LogP contribution in [0.3, 0.4) is 0 Å². The second-order valence-electron chi connectivity index (χ2n) is 6.56. The lowest BCUT2D eigenvalue weighted by molar-refractivity contribution is -0.147. The minimum Gasteiger partial charge on any atom is -0.445 e. The summed E-state index contributed by atoms with van der Waals surface area (Å²) in [6.45, 7) is 7.80. The van der Waals surface area contributed by atoms with Crippen molar-refractivity contribution in [2.75, 3.05) is 0 Å². The van der Waals surface area contributed by atoms with Gasteiger partial charge in [0.25, 0.3) is 0 Å². The molecule has 0 aliphatic heterocycles. The normalized spacial score (nSPS) is 27.9. The Labute approximate surface area is 133 Å². The van der Waals surface area contributed by atoms with E-state index in [0.717, 1.165) is 12.8 Å². The van der Waals surface area contributed by atoms with Crippen molar-refractivity contribution in [3.8, 4) is 12.3 Å². The summed E-state index contributed by atoms with van der Waals surface area (Å²) in [5.41, 5.74) is -0.0746. The van der Waals surface area contributed by atoms with Gasteiger partial charge in [0.15, 0.2) is 6.10 Å². The van der Waals surface area contributed by atoms with E-state index in [-0.39, 0.29) is 23.2 Å². The molecule has 0 heterocycles. The van der Waals surface area contributed by atoms with E-state index in [2.05, 4.69) is 44.6 Å². The van der Waals surface area contributed by atoms with E-state index in [0.29, 0.717) is 5.92 Å². The van der Waals surface area contributed by atoms with Crippen LogP contribution in [0.25, 0.3) is 0 Å². The van der Waals surface area contributed by atoms with Gasteiger partial charge in [-0.25, -0.2) is 0 Å². The maximum absolute atomic E-state index is 12.3. The van der Waals surface area contributed by atoms with Crippen LogP contribution < -0.4 is 0 Å². The molecular formula is C20H24O2. The molecule has 2 aliphatic rings. The zero-order valence-corrected chi connectivity index (χ0v) is 13.4. The van der Waals surface area contributed by atoms with Gasteiger partial charge in [0.2, 0.25) is 0 Å². The molecule has 0 aromatic rings. The van der Waals surface area contributed by atoms with Gasteiger partial charge in [0.05, 0.1) is 5.92 Å². The molecule has 3 unspecified atom stereocenters. The van der Waals surface area contributed by atoms with E-state index >= 15 is 0 Å². The van der Waals surface area contributed by atoms with Crippen molar-refractivity contribution in [1.82, 2.24) is 0 Å². The number of carbonyl (C=O) groups excluding carboxylic acids is 1. The van der Waals surface area contributed by atoms with E-state index in [1.807, 2.05) is 18.2 Å². The molecule has 1 saturated carbocycles. The van der Waals surface area contributed by atoms with E-state index in [9.17, 15) is 4.79 Å². The average molecular weight is 296 g/mol. The van der Waals surface area contributed by atoms with Crippen molar-refractivity contribution in [3.05, 3.63) is 49.1 Å². The highest BCUT2D eigenvalue weighted by atomic mass is 16.5. The number of carbonyl (C=O) groups is 1. The first-order chi connectivity index (χ1) is 10.5. The first-order valence-corrected chi connectivity index (χ1v) is 7.80. The van der Waals surface area contributed by atoms with Gasteiger partial charge in [0.1, 0.15) is 0 Å². The van der Waals surface area contributed by atoms with Crippen molar-refractivity contribution >= 4 is 5.97 Å². The molecule has 0 amide bonds. The van der Waals surface area contributed by atoms with Crippen LogP contribution in [-0.2, 0) is 9.53 Å². The molecule has 0 bridgehead atoms. The Morgan fingerprint density at radius 3 is 2.68 bits per heavy atom. The van der Waals surface area contributed by atoms with Crippen LogP contribution in [0.1, 0.15) is 26.7 Å². The lowest BCUT2D eigenvalue weighted by Gasteiger charge is -2.10. The highest BCUT2D eigenvalue weighted by Crippen LogP contribution is 2.59. The van der Waals surface area contributed by atoms with Crippen molar-refractivity contribution in [3.63, 3.8) is 0 Å². The third kappa shape index (κ3) is 3.60. The summed E-state index contributed by atoms with van der Waals surface area (Å²) in [4.78, 5) is 12.3. The van der Waals surface area contributed by atoms with Crippen LogP contribution in [0.15, 0.2) is 49.1 Å².